The number of carboxylic acid groups (broad SMARTS) is 2. The minimum absolute atomic E-state index is 0.00556. The first-order valence-corrected chi connectivity index (χ1v) is 17.2. The molecule has 0 aliphatic carbocycles. The van der Waals surface area contributed by atoms with Gasteiger partial charge in [-0.25, -0.2) is 0 Å². The lowest BCUT2D eigenvalue weighted by Gasteiger charge is -2.60. The van der Waals surface area contributed by atoms with Gasteiger partial charge in [-0.3, -0.25) is 9.59 Å². The largest absolute Gasteiger partial charge is 0.481 e. The second-order valence-electron chi connectivity index (χ2n) is 10.5. The topological polar surface area (TPSA) is 158 Å². The van der Waals surface area contributed by atoms with E-state index >= 15 is 0 Å². The molecule has 0 aromatic heterocycles. The smallest absolute Gasteiger partial charge is 0.342 e. The molecule has 0 heterocycles. The molecule has 0 saturated carbocycles. The summed E-state index contributed by atoms with van der Waals surface area (Å²) in [5.74, 6) is -9.21. The molecule has 0 amide bonds. The minimum Gasteiger partial charge on any atom is -0.481 e. The molecule has 13 nitrogen and oxygen atoms in total. The Kier molecular flexibility index (Phi) is 23.1. The van der Waals surface area contributed by atoms with Gasteiger partial charge in [0, 0.05) is 59.3 Å². The summed E-state index contributed by atoms with van der Waals surface area (Å²) in [6.07, 6.45) is 1.19. The summed E-state index contributed by atoms with van der Waals surface area (Å²) in [4.78, 5) is 25.8. The van der Waals surface area contributed by atoms with Crippen LogP contribution < -0.4 is 0 Å². The van der Waals surface area contributed by atoms with Crippen LogP contribution in [0.3, 0.4) is 0 Å². The van der Waals surface area contributed by atoms with E-state index in [0.29, 0.717) is 25.7 Å². The maximum absolute atomic E-state index is 14.5. The van der Waals surface area contributed by atoms with Crippen LogP contribution in [0.4, 0.5) is 0 Å². The van der Waals surface area contributed by atoms with Crippen molar-refractivity contribution in [1.29, 1.82) is 0 Å². The quantitative estimate of drug-likeness (QED) is 0.0639. The summed E-state index contributed by atoms with van der Waals surface area (Å²) in [6, 6.07) is 0. The summed E-state index contributed by atoms with van der Waals surface area (Å²) < 4.78 is 57.8. The molecule has 0 bridgehead atoms. The minimum atomic E-state index is -2.39. The fourth-order valence-electron chi connectivity index (χ4n) is 5.78. The lowest BCUT2D eigenvalue weighted by molar-refractivity contribution is -0.543. The van der Waals surface area contributed by atoms with E-state index in [2.05, 4.69) is 0 Å². The van der Waals surface area contributed by atoms with Crippen LogP contribution in [0.1, 0.15) is 114 Å². The Morgan fingerprint density at radius 3 is 1.52 bits per heavy atom. The van der Waals surface area contributed by atoms with Crippen LogP contribution in [0.25, 0.3) is 0 Å². The highest BCUT2D eigenvalue weighted by Crippen LogP contribution is 2.59. The van der Waals surface area contributed by atoms with Crippen molar-refractivity contribution >= 4 is 11.9 Å². The molecule has 2 atom stereocenters. The summed E-state index contributed by atoms with van der Waals surface area (Å²) in [5.41, 5.74) is -2.37. The SMILES string of the molecule is CCCCOC(OCC)(OCC)C(OCC)(OCC)C(CCCCCC(=O)O)(C(=O)O)C(OCC)(OCC)C(OCC)OCCC. The van der Waals surface area contributed by atoms with E-state index in [4.69, 9.17) is 42.6 Å². The Morgan fingerprint density at radius 1 is 0.565 bits per heavy atom. The summed E-state index contributed by atoms with van der Waals surface area (Å²) in [6.45, 7) is 16.4. The molecule has 0 aromatic rings. The van der Waals surface area contributed by atoms with Crippen molar-refractivity contribution in [1.82, 2.24) is 0 Å². The lowest BCUT2D eigenvalue weighted by atomic mass is 9.65. The molecule has 13 heteroatoms. The summed E-state index contributed by atoms with van der Waals surface area (Å²) in [7, 11) is 0. The fraction of sp³-hybridized carbons (Fsp3) is 0.939. The molecule has 0 radical (unpaired) electrons. The van der Waals surface area contributed by atoms with Crippen molar-refractivity contribution in [2.45, 2.75) is 138 Å². The third kappa shape index (κ3) is 10.5. The molecule has 0 aromatic carbocycles. The predicted molar refractivity (Wildman–Crippen MR) is 171 cm³/mol. The van der Waals surface area contributed by atoms with Gasteiger partial charge in [0.05, 0.1) is 6.61 Å². The van der Waals surface area contributed by atoms with Crippen LogP contribution in [0, 0.1) is 5.41 Å². The average molecular weight is 669 g/mol. The first-order chi connectivity index (χ1) is 22.1. The molecular formula is C33H64O13. The van der Waals surface area contributed by atoms with Crippen LogP contribution in [0.2, 0.25) is 0 Å². The van der Waals surface area contributed by atoms with Gasteiger partial charge in [-0.2, -0.15) is 0 Å². The van der Waals surface area contributed by atoms with E-state index in [1.165, 1.54) is 0 Å². The number of carbonyl (C=O) groups is 2. The Hall–Kier alpha value is -1.42. The molecule has 2 N–H and O–H groups in total. The molecule has 0 spiro atoms. The van der Waals surface area contributed by atoms with Crippen molar-refractivity contribution in [2.24, 2.45) is 5.41 Å². The highest BCUT2D eigenvalue weighted by atomic mass is 16.9. The maximum Gasteiger partial charge on any atom is 0.342 e. The van der Waals surface area contributed by atoms with Crippen LogP contribution >= 0.6 is 0 Å². The van der Waals surface area contributed by atoms with Gasteiger partial charge in [0.15, 0.2) is 5.41 Å². The van der Waals surface area contributed by atoms with Gasteiger partial charge < -0.3 is 52.8 Å². The van der Waals surface area contributed by atoms with E-state index < -0.39 is 41.2 Å². The van der Waals surface area contributed by atoms with Gasteiger partial charge in [0.1, 0.15) is 0 Å². The second kappa shape index (κ2) is 23.8. The molecule has 2 unspecified atom stereocenters. The molecule has 46 heavy (non-hydrogen) atoms. The fourth-order valence-corrected chi connectivity index (χ4v) is 5.78. The highest BCUT2D eigenvalue weighted by Gasteiger charge is 2.82. The molecular weight excluding hydrogens is 604 g/mol. The van der Waals surface area contributed by atoms with Gasteiger partial charge >= 0.3 is 17.9 Å². The Balaban J connectivity index is 8.49. The van der Waals surface area contributed by atoms with Gasteiger partial charge in [-0.05, 0) is 74.1 Å². The summed E-state index contributed by atoms with van der Waals surface area (Å²) in [5, 5.41) is 21.1. The van der Waals surface area contributed by atoms with Gasteiger partial charge in [-0.1, -0.05) is 33.1 Å². The zero-order chi connectivity index (χ0) is 35.1. The third-order valence-electron chi connectivity index (χ3n) is 7.34. The van der Waals surface area contributed by atoms with Gasteiger partial charge in [-0.15, -0.1) is 0 Å². The number of hydrogen-bond donors (Lipinski definition) is 2. The monoisotopic (exact) mass is 668 g/mol. The summed E-state index contributed by atoms with van der Waals surface area (Å²) >= 11 is 0. The number of ether oxygens (including phenoxy) is 9. The van der Waals surface area contributed by atoms with Crippen LogP contribution in [0.5, 0.6) is 0 Å². The standard InChI is InChI=1S/C33H64O13/c1-10-19-26-46-33(44-17-8,45-18-9)32(42-15-6,43-16-7)30(28(36)37,24-22-20-21-23-27(34)35)31(40-13-4,41-14-5)29(38-12-3)39-25-11-2/h29H,10-26H2,1-9H3,(H,34,35)(H,36,37). The number of unbranched alkanes of at least 4 members (excludes halogenated alkanes) is 3. The van der Waals surface area contributed by atoms with Gasteiger partial charge in [0.25, 0.3) is 5.79 Å². The van der Waals surface area contributed by atoms with E-state index in [-0.39, 0.29) is 78.7 Å². The number of carboxylic acids is 2. The van der Waals surface area contributed by atoms with Crippen molar-refractivity contribution in [3.05, 3.63) is 0 Å². The molecule has 0 rings (SSSR count). The number of hydrogen-bond acceptors (Lipinski definition) is 11. The second-order valence-corrected chi connectivity index (χ2v) is 10.5. The van der Waals surface area contributed by atoms with E-state index in [0.717, 1.165) is 6.42 Å². The molecule has 0 saturated heterocycles. The zero-order valence-electron chi connectivity index (χ0n) is 30.0. The van der Waals surface area contributed by atoms with Crippen molar-refractivity contribution in [3.8, 4) is 0 Å². The number of rotatable bonds is 32. The molecule has 274 valence electrons. The molecule has 0 fully saturated rings. The van der Waals surface area contributed by atoms with E-state index in [1.54, 1.807) is 48.5 Å². The van der Waals surface area contributed by atoms with Crippen LogP contribution in [-0.2, 0) is 52.2 Å². The Morgan fingerprint density at radius 2 is 1.11 bits per heavy atom. The Labute approximate surface area is 276 Å². The van der Waals surface area contributed by atoms with E-state index in [9.17, 15) is 19.8 Å². The maximum atomic E-state index is 14.5. The van der Waals surface area contributed by atoms with Gasteiger partial charge in [0.2, 0.25) is 12.1 Å². The number of aliphatic carboxylic acids is 2. The average Bonchev–Trinajstić information content (AvgIpc) is 3.00. The first-order valence-electron chi connectivity index (χ1n) is 17.2. The molecule has 0 aliphatic rings. The van der Waals surface area contributed by atoms with E-state index in [1.807, 2.05) is 13.8 Å². The van der Waals surface area contributed by atoms with Crippen LogP contribution in [0.15, 0.2) is 0 Å². The van der Waals surface area contributed by atoms with Crippen molar-refractivity contribution in [3.63, 3.8) is 0 Å². The highest BCUT2D eigenvalue weighted by molar-refractivity contribution is 5.78. The Bertz CT molecular complexity index is 790. The first kappa shape index (κ1) is 44.6. The lowest BCUT2D eigenvalue weighted by Crippen LogP contribution is -2.81. The predicted octanol–water partition coefficient (Wildman–Crippen LogP) is 5.96. The van der Waals surface area contributed by atoms with Crippen molar-refractivity contribution in [2.75, 3.05) is 59.5 Å². The normalized spacial score (nSPS) is 14.7. The van der Waals surface area contributed by atoms with Crippen LogP contribution in [-0.4, -0.2) is 105 Å². The third-order valence-corrected chi connectivity index (χ3v) is 7.34. The molecule has 0 aliphatic heterocycles. The van der Waals surface area contributed by atoms with Crippen molar-refractivity contribution < 1.29 is 62.4 Å². The zero-order valence-corrected chi connectivity index (χ0v) is 30.0.